The van der Waals surface area contributed by atoms with E-state index in [1.807, 2.05) is 0 Å². The third-order valence-corrected chi connectivity index (χ3v) is 4.53. The number of anilines is 1. The van der Waals surface area contributed by atoms with Gasteiger partial charge in [-0.25, -0.2) is 13.1 Å². The summed E-state index contributed by atoms with van der Waals surface area (Å²) in [6.45, 7) is 0.198. The zero-order chi connectivity index (χ0) is 14.2. The van der Waals surface area contributed by atoms with Gasteiger partial charge in [0.05, 0.1) is 17.9 Å². The first kappa shape index (κ1) is 12.9. The molecule has 0 saturated carbocycles. The highest BCUT2D eigenvalue weighted by Crippen LogP contribution is 2.25. The summed E-state index contributed by atoms with van der Waals surface area (Å²) in [5, 5.41) is 2.67. The fourth-order valence-corrected chi connectivity index (χ4v) is 3.16. The second-order valence-electron chi connectivity index (χ2n) is 4.56. The number of benzene rings is 1. The fourth-order valence-electron chi connectivity index (χ4n) is 2.11. The molecular formula is C13H13N3O3S. The first-order valence-electron chi connectivity index (χ1n) is 6.09. The van der Waals surface area contributed by atoms with Crippen molar-refractivity contribution in [2.45, 2.75) is 17.9 Å². The van der Waals surface area contributed by atoms with Gasteiger partial charge in [0.1, 0.15) is 0 Å². The van der Waals surface area contributed by atoms with Gasteiger partial charge >= 0.3 is 0 Å². The Balaban J connectivity index is 1.81. The number of amides is 1. The van der Waals surface area contributed by atoms with Crippen molar-refractivity contribution in [2.75, 3.05) is 5.32 Å². The molecule has 1 aromatic heterocycles. The number of H-pyrrole nitrogens is 1. The molecule has 1 aliphatic heterocycles. The maximum absolute atomic E-state index is 12.2. The average Bonchev–Trinajstić information content (AvgIpc) is 3.03. The van der Waals surface area contributed by atoms with Gasteiger partial charge in [0, 0.05) is 17.6 Å². The Bertz CT molecular complexity index is 751. The number of carbonyl (C=O) groups excluding carboxylic acids is 1. The monoisotopic (exact) mass is 291 g/mol. The zero-order valence-electron chi connectivity index (χ0n) is 10.5. The van der Waals surface area contributed by atoms with Crippen LogP contribution in [0.4, 0.5) is 5.69 Å². The number of hydrogen-bond donors (Lipinski definition) is 3. The number of sulfonamides is 1. The van der Waals surface area contributed by atoms with E-state index in [-0.39, 0.29) is 23.8 Å². The summed E-state index contributed by atoms with van der Waals surface area (Å²) in [5.74, 6) is -0.117. The predicted octanol–water partition coefficient (Wildman–Crippen LogP) is 0.988. The van der Waals surface area contributed by atoms with Gasteiger partial charge < -0.3 is 10.3 Å². The smallest absolute Gasteiger partial charge is 0.240 e. The molecule has 3 N–H and O–H groups in total. The Labute approximate surface area is 116 Å². The Hall–Kier alpha value is -2.12. The molecule has 2 aromatic rings. The average molecular weight is 291 g/mol. The van der Waals surface area contributed by atoms with Gasteiger partial charge in [-0.1, -0.05) is 0 Å². The Morgan fingerprint density at radius 2 is 2.10 bits per heavy atom. The van der Waals surface area contributed by atoms with Crippen molar-refractivity contribution in [2.24, 2.45) is 0 Å². The summed E-state index contributed by atoms with van der Waals surface area (Å²) in [7, 11) is -3.58. The largest absolute Gasteiger partial charge is 0.364 e. The number of carbonyl (C=O) groups is 1. The van der Waals surface area contributed by atoms with Gasteiger partial charge in [0.15, 0.2) is 0 Å². The van der Waals surface area contributed by atoms with Crippen LogP contribution in [-0.2, 0) is 27.8 Å². The Morgan fingerprint density at radius 1 is 1.25 bits per heavy atom. The molecule has 0 spiro atoms. The lowest BCUT2D eigenvalue weighted by Crippen LogP contribution is -2.23. The lowest BCUT2D eigenvalue weighted by molar-refractivity contribution is -0.115. The first-order valence-corrected chi connectivity index (χ1v) is 7.58. The van der Waals surface area contributed by atoms with Crippen molar-refractivity contribution in [1.29, 1.82) is 0 Å². The van der Waals surface area contributed by atoms with Gasteiger partial charge in [-0.2, -0.15) is 0 Å². The maximum atomic E-state index is 12.2. The quantitative estimate of drug-likeness (QED) is 0.784. The molecule has 0 fully saturated rings. The number of rotatable bonds is 4. The fraction of sp³-hybridized carbons (Fsp3) is 0.154. The van der Waals surface area contributed by atoms with Crippen LogP contribution in [0.25, 0.3) is 0 Å². The van der Waals surface area contributed by atoms with Crippen LogP contribution in [0.3, 0.4) is 0 Å². The van der Waals surface area contributed by atoms with Crippen molar-refractivity contribution >= 4 is 21.6 Å². The van der Waals surface area contributed by atoms with Crippen LogP contribution in [0.15, 0.2) is 41.4 Å². The normalized spacial score (nSPS) is 14.1. The predicted molar refractivity (Wildman–Crippen MR) is 73.6 cm³/mol. The van der Waals surface area contributed by atoms with E-state index in [0.29, 0.717) is 11.3 Å². The third-order valence-electron chi connectivity index (χ3n) is 3.13. The molecule has 1 aromatic carbocycles. The third kappa shape index (κ3) is 2.45. The molecular weight excluding hydrogens is 278 g/mol. The van der Waals surface area contributed by atoms with Gasteiger partial charge in [-0.15, -0.1) is 0 Å². The van der Waals surface area contributed by atoms with E-state index in [2.05, 4.69) is 15.0 Å². The van der Waals surface area contributed by atoms with Crippen molar-refractivity contribution < 1.29 is 13.2 Å². The molecule has 104 valence electrons. The highest BCUT2D eigenvalue weighted by Gasteiger charge is 2.21. The molecule has 0 radical (unpaired) electrons. The summed E-state index contributed by atoms with van der Waals surface area (Å²) in [4.78, 5) is 14.4. The van der Waals surface area contributed by atoms with Gasteiger partial charge in [-0.3, -0.25) is 4.79 Å². The van der Waals surface area contributed by atoms with Crippen LogP contribution in [-0.4, -0.2) is 19.3 Å². The minimum atomic E-state index is -3.58. The summed E-state index contributed by atoms with van der Waals surface area (Å²) in [5.41, 5.74) is 2.17. The number of nitrogens with one attached hydrogen (secondary N) is 3. The van der Waals surface area contributed by atoms with Crippen molar-refractivity contribution in [3.63, 3.8) is 0 Å². The molecule has 0 aliphatic carbocycles. The minimum absolute atomic E-state index is 0.117. The van der Waals surface area contributed by atoms with Crippen LogP contribution in [0.5, 0.6) is 0 Å². The minimum Gasteiger partial charge on any atom is -0.364 e. The van der Waals surface area contributed by atoms with Crippen molar-refractivity contribution in [1.82, 2.24) is 9.71 Å². The van der Waals surface area contributed by atoms with Crippen molar-refractivity contribution in [3.8, 4) is 0 Å². The molecule has 0 saturated heterocycles. The molecule has 6 nitrogen and oxygen atoms in total. The lowest BCUT2D eigenvalue weighted by Gasteiger charge is -2.07. The maximum Gasteiger partial charge on any atom is 0.240 e. The van der Waals surface area contributed by atoms with Crippen LogP contribution in [0, 0.1) is 0 Å². The molecule has 7 heteroatoms. The summed E-state index contributed by atoms with van der Waals surface area (Å²) >= 11 is 0. The van der Waals surface area contributed by atoms with E-state index in [0.717, 1.165) is 5.69 Å². The number of aromatic nitrogens is 1. The Kier molecular flexibility index (Phi) is 3.07. The molecule has 0 bridgehead atoms. The van der Waals surface area contributed by atoms with Crippen molar-refractivity contribution in [3.05, 3.63) is 47.8 Å². The first-order chi connectivity index (χ1) is 9.54. The SMILES string of the molecule is O=C1Cc2cc(S(=O)(=O)NCc3ccc[nH]3)ccc2N1. The van der Waals surface area contributed by atoms with Gasteiger partial charge in [0.25, 0.3) is 0 Å². The molecule has 20 heavy (non-hydrogen) atoms. The summed E-state index contributed by atoms with van der Waals surface area (Å²) in [6.07, 6.45) is 1.95. The second kappa shape index (κ2) is 4.77. The lowest BCUT2D eigenvalue weighted by atomic mass is 10.2. The van der Waals surface area contributed by atoms with Crippen LogP contribution >= 0.6 is 0 Å². The molecule has 3 rings (SSSR count). The van der Waals surface area contributed by atoms with E-state index in [9.17, 15) is 13.2 Å². The Morgan fingerprint density at radius 3 is 2.85 bits per heavy atom. The zero-order valence-corrected chi connectivity index (χ0v) is 11.3. The second-order valence-corrected chi connectivity index (χ2v) is 6.33. The summed E-state index contributed by atoms with van der Waals surface area (Å²) in [6, 6.07) is 8.24. The molecule has 0 atom stereocenters. The topological polar surface area (TPSA) is 91.1 Å². The van der Waals surface area contributed by atoms with E-state index >= 15 is 0 Å². The van der Waals surface area contributed by atoms with Crippen LogP contribution in [0.2, 0.25) is 0 Å². The number of hydrogen-bond acceptors (Lipinski definition) is 3. The molecule has 1 aliphatic rings. The van der Waals surface area contributed by atoms with Gasteiger partial charge in [0.2, 0.25) is 15.9 Å². The highest BCUT2D eigenvalue weighted by atomic mass is 32.2. The number of fused-ring (bicyclic) bond motifs is 1. The van der Waals surface area contributed by atoms with Crippen LogP contribution in [0.1, 0.15) is 11.3 Å². The van der Waals surface area contributed by atoms with E-state index in [4.69, 9.17) is 0 Å². The molecule has 0 unspecified atom stereocenters. The van der Waals surface area contributed by atoms with Gasteiger partial charge in [-0.05, 0) is 35.9 Å². The highest BCUT2D eigenvalue weighted by molar-refractivity contribution is 7.89. The van der Waals surface area contributed by atoms with E-state index in [1.54, 1.807) is 24.4 Å². The van der Waals surface area contributed by atoms with E-state index in [1.165, 1.54) is 12.1 Å². The van der Waals surface area contributed by atoms with Crippen LogP contribution < -0.4 is 10.0 Å². The molecule has 1 amide bonds. The van der Waals surface area contributed by atoms with E-state index < -0.39 is 10.0 Å². The standard InChI is InChI=1S/C13H13N3O3S/c17-13-7-9-6-11(3-4-12(9)16-13)20(18,19)15-8-10-2-1-5-14-10/h1-6,14-15H,7-8H2,(H,16,17). The molecule has 2 heterocycles. The number of aromatic amines is 1. The summed E-state index contributed by atoms with van der Waals surface area (Å²) < 4.78 is 26.9.